The highest BCUT2D eigenvalue weighted by Crippen LogP contribution is 2.29. The fraction of sp³-hybridized carbons (Fsp3) is 0.154. The van der Waals surface area contributed by atoms with Crippen LogP contribution in [0.5, 0.6) is 0 Å². The standard InChI is InChI=1S/C26H22FN5O3S/c27-20-12-5-4-11-19(20)24-29-30-26(32(24)18-9-2-1-3-10-18)36-17-23(33)35-16-8-15-31-22-14-7-6-13-21(22)28-25(31)34/h1-7,9-14H,8,15-17H2,(H,28,34). The van der Waals surface area contributed by atoms with Crippen LogP contribution in [0, 0.1) is 5.82 Å². The maximum absolute atomic E-state index is 14.5. The molecule has 0 atom stereocenters. The zero-order valence-corrected chi connectivity index (χ0v) is 20.0. The number of aryl methyl sites for hydroxylation is 1. The largest absolute Gasteiger partial charge is 0.465 e. The predicted octanol–water partition coefficient (Wildman–Crippen LogP) is 4.44. The van der Waals surface area contributed by atoms with Crippen LogP contribution < -0.4 is 5.69 Å². The maximum atomic E-state index is 14.5. The van der Waals surface area contributed by atoms with Crippen LogP contribution in [-0.2, 0) is 16.1 Å². The third-order valence-electron chi connectivity index (χ3n) is 5.55. The van der Waals surface area contributed by atoms with Gasteiger partial charge in [0.2, 0.25) is 0 Å². The van der Waals surface area contributed by atoms with Crippen molar-refractivity contribution < 1.29 is 13.9 Å². The Kier molecular flexibility index (Phi) is 6.94. The molecule has 5 aromatic rings. The van der Waals surface area contributed by atoms with Crippen molar-refractivity contribution in [1.29, 1.82) is 0 Å². The van der Waals surface area contributed by atoms with Crippen molar-refractivity contribution in [2.75, 3.05) is 12.4 Å². The van der Waals surface area contributed by atoms with Gasteiger partial charge in [0.05, 0.1) is 29.0 Å². The van der Waals surface area contributed by atoms with Gasteiger partial charge in [-0.3, -0.25) is 13.9 Å². The summed E-state index contributed by atoms with van der Waals surface area (Å²) in [7, 11) is 0. The number of hydrogen-bond acceptors (Lipinski definition) is 6. The number of nitrogens with zero attached hydrogens (tertiary/aromatic N) is 4. The Balaban J connectivity index is 1.23. The number of rotatable bonds is 9. The summed E-state index contributed by atoms with van der Waals surface area (Å²) < 4.78 is 23.2. The van der Waals surface area contributed by atoms with E-state index in [0.717, 1.165) is 28.5 Å². The summed E-state index contributed by atoms with van der Waals surface area (Å²) in [5, 5.41) is 8.86. The van der Waals surface area contributed by atoms with Gasteiger partial charge >= 0.3 is 11.7 Å². The monoisotopic (exact) mass is 503 g/mol. The molecule has 2 heterocycles. The molecule has 0 aliphatic rings. The van der Waals surface area contributed by atoms with Gasteiger partial charge in [0.1, 0.15) is 5.82 Å². The lowest BCUT2D eigenvalue weighted by molar-refractivity contribution is -0.140. The van der Waals surface area contributed by atoms with Crippen molar-refractivity contribution in [2.45, 2.75) is 18.1 Å². The van der Waals surface area contributed by atoms with Crippen molar-refractivity contribution in [3.05, 3.63) is 95.2 Å². The molecular formula is C26H22FN5O3S. The lowest BCUT2D eigenvalue weighted by atomic mass is 10.2. The molecule has 3 aromatic carbocycles. The van der Waals surface area contributed by atoms with Gasteiger partial charge in [0.15, 0.2) is 11.0 Å². The first-order chi connectivity index (χ1) is 17.6. The van der Waals surface area contributed by atoms with Crippen molar-refractivity contribution in [3.63, 3.8) is 0 Å². The minimum Gasteiger partial charge on any atom is -0.465 e. The summed E-state index contributed by atoms with van der Waals surface area (Å²) in [6.45, 7) is 0.606. The number of halogens is 1. The average Bonchev–Trinajstić information content (AvgIpc) is 3.46. The fourth-order valence-corrected chi connectivity index (χ4v) is 4.64. The molecule has 0 saturated carbocycles. The minimum absolute atomic E-state index is 0.00920. The molecule has 1 N–H and O–H groups in total. The van der Waals surface area contributed by atoms with Crippen molar-refractivity contribution >= 4 is 28.8 Å². The van der Waals surface area contributed by atoms with Crippen molar-refractivity contribution in [2.24, 2.45) is 0 Å². The van der Waals surface area contributed by atoms with Gasteiger partial charge in [-0.1, -0.05) is 54.2 Å². The van der Waals surface area contributed by atoms with E-state index in [1.165, 1.54) is 6.07 Å². The van der Waals surface area contributed by atoms with Crippen LogP contribution in [0.25, 0.3) is 28.1 Å². The summed E-state index contributed by atoms with van der Waals surface area (Å²) in [5.41, 5.74) is 2.46. The average molecular weight is 504 g/mol. The molecule has 10 heteroatoms. The van der Waals surface area contributed by atoms with Gasteiger partial charge < -0.3 is 9.72 Å². The Morgan fingerprint density at radius 1 is 0.972 bits per heavy atom. The van der Waals surface area contributed by atoms with E-state index in [9.17, 15) is 14.0 Å². The van der Waals surface area contributed by atoms with Gasteiger partial charge in [-0.25, -0.2) is 9.18 Å². The van der Waals surface area contributed by atoms with Gasteiger partial charge in [0.25, 0.3) is 0 Å². The molecule has 0 aliphatic carbocycles. The molecule has 5 rings (SSSR count). The van der Waals surface area contributed by atoms with Crippen molar-refractivity contribution in [3.8, 4) is 17.1 Å². The fourth-order valence-electron chi connectivity index (χ4n) is 3.89. The molecule has 8 nitrogen and oxygen atoms in total. The summed E-state index contributed by atoms with van der Waals surface area (Å²) in [4.78, 5) is 27.4. The molecule has 0 bridgehead atoms. The maximum Gasteiger partial charge on any atom is 0.326 e. The molecule has 0 aliphatic heterocycles. The number of imidazole rings is 1. The van der Waals surface area contributed by atoms with Gasteiger partial charge in [-0.2, -0.15) is 0 Å². The number of aromatic nitrogens is 5. The number of carbonyl (C=O) groups is 1. The van der Waals surface area contributed by atoms with E-state index < -0.39 is 11.8 Å². The first-order valence-electron chi connectivity index (χ1n) is 11.3. The van der Waals surface area contributed by atoms with E-state index >= 15 is 0 Å². The molecule has 182 valence electrons. The molecule has 0 fully saturated rings. The van der Waals surface area contributed by atoms with E-state index in [4.69, 9.17) is 4.74 Å². The van der Waals surface area contributed by atoms with Crippen LogP contribution >= 0.6 is 11.8 Å². The number of benzene rings is 3. The van der Waals surface area contributed by atoms with Crippen LogP contribution in [0.4, 0.5) is 4.39 Å². The van der Waals surface area contributed by atoms with Gasteiger partial charge in [-0.05, 0) is 42.8 Å². The predicted molar refractivity (Wildman–Crippen MR) is 136 cm³/mol. The third kappa shape index (κ3) is 4.94. The number of carbonyl (C=O) groups excluding carboxylic acids is 1. The minimum atomic E-state index is -0.415. The number of thioether (sulfide) groups is 1. The number of hydrogen-bond donors (Lipinski definition) is 1. The number of aromatic amines is 1. The van der Waals surface area contributed by atoms with Crippen LogP contribution in [0.2, 0.25) is 0 Å². The molecule has 0 amide bonds. The summed E-state index contributed by atoms with van der Waals surface area (Å²) in [6, 6.07) is 23.1. The van der Waals surface area contributed by atoms with Crippen LogP contribution in [0.1, 0.15) is 6.42 Å². The van der Waals surface area contributed by atoms with E-state index in [0.29, 0.717) is 29.5 Å². The van der Waals surface area contributed by atoms with Crippen LogP contribution in [0.3, 0.4) is 0 Å². The molecule has 0 spiro atoms. The normalized spacial score (nSPS) is 11.1. The smallest absolute Gasteiger partial charge is 0.326 e. The highest BCUT2D eigenvalue weighted by molar-refractivity contribution is 7.99. The Morgan fingerprint density at radius 3 is 2.56 bits per heavy atom. The lowest BCUT2D eigenvalue weighted by Gasteiger charge is -2.11. The zero-order valence-electron chi connectivity index (χ0n) is 19.1. The molecule has 0 radical (unpaired) electrons. The highest BCUT2D eigenvalue weighted by atomic mass is 32.2. The zero-order chi connectivity index (χ0) is 24.9. The first kappa shape index (κ1) is 23.6. The topological polar surface area (TPSA) is 94.8 Å². The van der Waals surface area contributed by atoms with E-state index in [1.54, 1.807) is 27.3 Å². The third-order valence-corrected chi connectivity index (χ3v) is 6.45. The Hall–Kier alpha value is -4.18. The SMILES string of the molecule is O=C(CSc1nnc(-c2ccccc2F)n1-c1ccccc1)OCCCn1c(=O)[nH]c2ccccc21. The number of H-pyrrole nitrogens is 1. The van der Waals surface area contributed by atoms with Crippen molar-refractivity contribution in [1.82, 2.24) is 24.3 Å². The Morgan fingerprint density at radius 2 is 1.72 bits per heavy atom. The number of esters is 1. The highest BCUT2D eigenvalue weighted by Gasteiger charge is 2.19. The molecule has 36 heavy (non-hydrogen) atoms. The molecular weight excluding hydrogens is 481 g/mol. The van der Waals surface area contributed by atoms with E-state index in [-0.39, 0.29) is 18.0 Å². The summed E-state index contributed by atoms with van der Waals surface area (Å²) in [5.74, 6) is -0.469. The number of fused-ring (bicyclic) bond motifs is 1. The Labute approximate surface area is 209 Å². The molecule has 2 aromatic heterocycles. The number of ether oxygens (including phenoxy) is 1. The quantitative estimate of drug-likeness (QED) is 0.182. The van der Waals surface area contributed by atoms with E-state index in [1.807, 2.05) is 54.6 Å². The second-order valence-electron chi connectivity index (χ2n) is 7.92. The lowest BCUT2D eigenvalue weighted by Crippen LogP contribution is -2.18. The number of para-hydroxylation sites is 3. The van der Waals surface area contributed by atoms with Crippen LogP contribution in [-0.4, -0.2) is 42.6 Å². The number of nitrogens with one attached hydrogen (secondary N) is 1. The van der Waals surface area contributed by atoms with Gasteiger partial charge in [-0.15, -0.1) is 10.2 Å². The second-order valence-corrected chi connectivity index (χ2v) is 8.86. The van der Waals surface area contributed by atoms with E-state index in [2.05, 4.69) is 15.2 Å². The Bertz CT molecular complexity index is 1560. The first-order valence-corrected chi connectivity index (χ1v) is 12.3. The molecule has 0 unspecified atom stereocenters. The van der Waals surface area contributed by atoms with Gasteiger partial charge in [0, 0.05) is 12.2 Å². The van der Waals surface area contributed by atoms with Crippen LogP contribution in [0.15, 0.2) is 88.8 Å². The second kappa shape index (κ2) is 10.6. The molecule has 0 saturated heterocycles. The summed E-state index contributed by atoms with van der Waals surface area (Å²) >= 11 is 1.16. The summed E-state index contributed by atoms with van der Waals surface area (Å²) in [6.07, 6.45) is 0.496.